The fraction of sp³-hybridized carbons (Fsp3) is 0.250. The molecule has 1 heterocycles. The Hall–Kier alpha value is -2.93. The monoisotopic (exact) mass is 384 g/mol. The number of carbonyl (C=O) groups is 2. The molecule has 1 aromatic heterocycles. The molecular weight excluding hydrogens is 364 g/mol. The summed E-state index contributed by atoms with van der Waals surface area (Å²) in [6.07, 6.45) is 1.55. The first kappa shape index (κ1) is 18.8. The van der Waals surface area contributed by atoms with E-state index in [4.69, 9.17) is 4.74 Å². The van der Waals surface area contributed by atoms with Crippen molar-refractivity contribution in [1.29, 1.82) is 0 Å². The number of nitrogens with zero attached hydrogens (tertiary/aromatic N) is 1. The quantitative estimate of drug-likeness (QED) is 0.620. The molecule has 140 valence electrons. The molecule has 2 N–H and O–H groups in total. The Morgan fingerprint density at radius 2 is 1.93 bits per heavy atom. The minimum atomic E-state index is -1.10. The Kier molecular flexibility index (Phi) is 6.03. The summed E-state index contributed by atoms with van der Waals surface area (Å²) >= 11 is 1.62. The van der Waals surface area contributed by atoms with Crippen molar-refractivity contribution in [2.24, 2.45) is 0 Å². The van der Waals surface area contributed by atoms with Crippen molar-refractivity contribution in [2.75, 3.05) is 7.11 Å². The number of para-hydroxylation sites is 1. The highest BCUT2D eigenvalue weighted by molar-refractivity contribution is 7.18. The molecule has 0 bridgehead atoms. The van der Waals surface area contributed by atoms with Crippen molar-refractivity contribution < 1.29 is 19.4 Å². The second-order valence-corrected chi connectivity index (χ2v) is 7.16. The van der Waals surface area contributed by atoms with Crippen molar-refractivity contribution in [3.05, 3.63) is 59.1 Å². The first-order valence-corrected chi connectivity index (χ1v) is 9.39. The molecule has 1 unspecified atom stereocenters. The minimum Gasteiger partial charge on any atom is -0.497 e. The third-order valence-corrected chi connectivity index (χ3v) is 5.23. The number of thiazole rings is 1. The normalized spacial score (nSPS) is 11.9. The van der Waals surface area contributed by atoms with Gasteiger partial charge in [-0.25, -0.2) is 9.78 Å². The maximum Gasteiger partial charge on any atom is 0.330 e. The van der Waals surface area contributed by atoms with Crippen LogP contribution < -0.4 is 10.1 Å². The maximum absolute atomic E-state index is 12.2. The molecule has 0 fully saturated rings. The third kappa shape index (κ3) is 4.83. The van der Waals surface area contributed by atoms with Crippen molar-refractivity contribution in [2.45, 2.75) is 25.3 Å². The summed E-state index contributed by atoms with van der Waals surface area (Å²) in [6.45, 7) is 0. The lowest BCUT2D eigenvalue weighted by atomic mass is 10.1. The van der Waals surface area contributed by atoms with Crippen LogP contribution >= 0.6 is 11.3 Å². The zero-order chi connectivity index (χ0) is 19.2. The number of benzene rings is 2. The highest BCUT2D eigenvalue weighted by atomic mass is 32.1. The Balaban J connectivity index is 1.55. The fourth-order valence-corrected chi connectivity index (χ4v) is 3.75. The SMILES string of the molecule is COc1ccc(C(NC(=O)CCCc2nc3ccccc3s2)C(=O)O)cc1. The van der Waals surface area contributed by atoms with Gasteiger partial charge in [0.1, 0.15) is 5.75 Å². The summed E-state index contributed by atoms with van der Waals surface area (Å²) in [6, 6.07) is 13.5. The van der Waals surface area contributed by atoms with Gasteiger partial charge >= 0.3 is 5.97 Å². The maximum atomic E-state index is 12.2. The molecule has 0 aliphatic carbocycles. The number of hydrogen-bond donors (Lipinski definition) is 2. The van der Waals surface area contributed by atoms with Gasteiger partial charge in [-0.15, -0.1) is 11.3 Å². The zero-order valence-electron chi connectivity index (χ0n) is 14.8. The predicted octanol–water partition coefficient (Wildman–Crippen LogP) is 3.57. The fourth-order valence-electron chi connectivity index (χ4n) is 2.74. The number of hydrogen-bond acceptors (Lipinski definition) is 5. The number of carboxylic acid groups (broad SMARTS) is 1. The number of aromatic nitrogens is 1. The number of nitrogens with one attached hydrogen (secondary N) is 1. The Labute approximate surface area is 160 Å². The summed E-state index contributed by atoms with van der Waals surface area (Å²) in [7, 11) is 1.54. The summed E-state index contributed by atoms with van der Waals surface area (Å²) in [4.78, 5) is 28.3. The van der Waals surface area contributed by atoms with Crippen molar-refractivity contribution in [3.63, 3.8) is 0 Å². The number of ether oxygens (including phenoxy) is 1. The van der Waals surface area contributed by atoms with E-state index in [0.717, 1.165) is 15.2 Å². The van der Waals surface area contributed by atoms with Gasteiger partial charge < -0.3 is 15.2 Å². The average molecular weight is 384 g/mol. The smallest absolute Gasteiger partial charge is 0.330 e. The molecule has 3 aromatic rings. The molecule has 0 aliphatic heterocycles. The highest BCUT2D eigenvalue weighted by Gasteiger charge is 2.22. The molecule has 2 aromatic carbocycles. The van der Waals surface area contributed by atoms with E-state index in [9.17, 15) is 14.7 Å². The van der Waals surface area contributed by atoms with Crippen molar-refractivity contribution in [3.8, 4) is 5.75 Å². The van der Waals surface area contributed by atoms with E-state index < -0.39 is 12.0 Å². The largest absolute Gasteiger partial charge is 0.497 e. The number of aliphatic carboxylic acids is 1. The number of fused-ring (bicyclic) bond motifs is 1. The van der Waals surface area contributed by atoms with Gasteiger partial charge in [-0.1, -0.05) is 24.3 Å². The number of carbonyl (C=O) groups excluding carboxylic acids is 1. The summed E-state index contributed by atoms with van der Waals surface area (Å²) in [5, 5.41) is 13.0. The number of aryl methyl sites for hydroxylation is 1. The van der Waals surface area contributed by atoms with E-state index >= 15 is 0 Å². The molecule has 1 amide bonds. The topological polar surface area (TPSA) is 88.5 Å². The second-order valence-electron chi connectivity index (χ2n) is 6.04. The molecule has 3 rings (SSSR count). The minimum absolute atomic E-state index is 0.246. The van der Waals surface area contributed by atoms with Crippen LogP contribution in [0.25, 0.3) is 10.2 Å². The van der Waals surface area contributed by atoms with E-state index in [1.54, 1.807) is 35.6 Å². The van der Waals surface area contributed by atoms with Gasteiger partial charge in [-0.2, -0.15) is 0 Å². The van der Waals surface area contributed by atoms with Crippen LogP contribution in [0.4, 0.5) is 0 Å². The number of methoxy groups -OCH3 is 1. The Bertz CT molecular complexity index is 904. The van der Waals surface area contributed by atoms with Crippen LogP contribution in [-0.4, -0.2) is 29.1 Å². The van der Waals surface area contributed by atoms with Gasteiger partial charge in [0.05, 0.1) is 22.3 Å². The first-order valence-electron chi connectivity index (χ1n) is 8.57. The Morgan fingerprint density at radius 3 is 2.59 bits per heavy atom. The van der Waals surface area contributed by atoms with Gasteiger partial charge in [-0.05, 0) is 42.7 Å². The van der Waals surface area contributed by atoms with Crippen LogP contribution in [0.3, 0.4) is 0 Å². The number of amides is 1. The first-order chi connectivity index (χ1) is 13.1. The van der Waals surface area contributed by atoms with E-state index in [0.29, 0.717) is 24.2 Å². The van der Waals surface area contributed by atoms with Gasteiger partial charge in [0.2, 0.25) is 5.91 Å². The van der Waals surface area contributed by atoms with E-state index in [2.05, 4.69) is 10.3 Å². The molecule has 6 nitrogen and oxygen atoms in total. The third-order valence-electron chi connectivity index (χ3n) is 4.13. The molecule has 7 heteroatoms. The van der Waals surface area contributed by atoms with Gasteiger partial charge in [-0.3, -0.25) is 4.79 Å². The van der Waals surface area contributed by atoms with Crippen LogP contribution in [0, 0.1) is 0 Å². The lowest BCUT2D eigenvalue weighted by Crippen LogP contribution is -2.33. The zero-order valence-corrected chi connectivity index (χ0v) is 15.7. The van der Waals surface area contributed by atoms with Crippen LogP contribution in [0.1, 0.15) is 29.5 Å². The molecular formula is C20H20N2O4S. The predicted molar refractivity (Wildman–Crippen MR) is 104 cm³/mol. The molecule has 27 heavy (non-hydrogen) atoms. The standard InChI is InChI=1S/C20H20N2O4S/c1-26-14-11-9-13(10-12-14)19(20(24)25)22-17(23)7-4-8-18-21-15-5-2-3-6-16(15)27-18/h2-3,5-6,9-12,19H,4,7-8H2,1H3,(H,22,23)(H,24,25). The summed E-state index contributed by atoms with van der Waals surface area (Å²) in [5.41, 5.74) is 1.47. The van der Waals surface area contributed by atoms with Gasteiger partial charge in [0.25, 0.3) is 0 Å². The lowest BCUT2D eigenvalue weighted by molar-refractivity contribution is -0.142. The molecule has 0 saturated heterocycles. The Morgan fingerprint density at radius 1 is 1.19 bits per heavy atom. The number of rotatable bonds is 8. The summed E-state index contributed by atoms with van der Waals surface area (Å²) in [5.74, 6) is -0.760. The average Bonchev–Trinajstić information content (AvgIpc) is 3.09. The second kappa shape index (κ2) is 8.64. The van der Waals surface area contributed by atoms with E-state index in [-0.39, 0.29) is 12.3 Å². The lowest BCUT2D eigenvalue weighted by Gasteiger charge is -2.15. The van der Waals surface area contributed by atoms with Crippen LogP contribution in [0.2, 0.25) is 0 Å². The highest BCUT2D eigenvalue weighted by Crippen LogP contribution is 2.23. The van der Waals surface area contributed by atoms with E-state index in [1.807, 2.05) is 24.3 Å². The number of carboxylic acids is 1. The van der Waals surface area contributed by atoms with Crippen LogP contribution in [0.5, 0.6) is 5.75 Å². The van der Waals surface area contributed by atoms with Gasteiger partial charge in [0, 0.05) is 6.42 Å². The van der Waals surface area contributed by atoms with Crippen LogP contribution in [0.15, 0.2) is 48.5 Å². The van der Waals surface area contributed by atoms with E-state index in [1.165, 1.54) is 7.11 Å². The van der Waals surface area contributed by atoms with Crippen LogP contribution in [-0.2, 0) is 16.0 Å². The van der Waals surface area contributed by atoms with Crippen molar-refractivity contribution in [1.82, 2.24) is 10.3 Å². The molecule has 0 aliphatic rings. The summed E-state index contributed by atoms with van der Waals surface area (Å²) < 4.78 is 6.19. The molecule has 0 radical (unpaired) electrons. The molecule has 0 spiro atoms. The van der Waals surface area contributed by atoms with Gasteiger partial charge in [0.15, 0.2) is 6.04 Å². The molecule has 0 saturated carbocycles. The molecule has 1 atom stereocenters. The van der Waals surface area contributed by atoms with Crippen molar-refractivity contribution >= 4 is 33.4 Å².